The fourth-order valence-electron chi connectivity index (χ4n) is 2.58. The van der Waals surface area contributed by atoms with Crippen molar-refractivity contribution in [2.24, 2.45) is 11.7 Å². The van der Waals surface area contributed by atoms with Gasteiger partial charge in [-0.3, -0.25) is 0 Å². The van der Waals surface area contributed by atoms with Gasteiger partial charge in [0.25, 0.3) is 0 Å². The Bertz CT molecular complexity index is 559. The van der Waals surface area contributed by atoms with E-state index in [9.17, 15) is 0 Å². The van der Waals surface area contributed by atoms with Gasteiger partial charge in [-0.25, -0.2) is 0 Å². The number of benzene rings is 1. The fourth-order valence-corrected chi connectivity index (χ4v) is 2.58. The van der Waals surface area contributed by atoms with Gasteiger partial charge < -0.3 is 15.0 Å². The monoisotopic (exact) mass is 288 g/mol. The average Bonchev–Trinajstić information content (AvgIpc) is 2.82. The van der Waals surface area contributed by atoms with Crippen LogP contribution in [-0.2, 0) is 17.7 Å². The molecular formula is C18H28N2O. The highest BCUT2D eigenvalue weighted by atomic mass is 16.5. The highest BCUT2D eigenvalue weighted by Crippen LogP contribution is 2.22. The largest absolute Gasteiger partial charge is 0.379 e. The Morgan fingerprint density at radius 1 is 1.24 bits per heavy atom. The lowest BCUT2D eigenvalue weighted by molar-refractivity contribution is 0.104. The molecule has 0 fully saturated rings. The molecule has 0 aliphatic heterocycles. The van der Waals surface area contributed by atoms with E-state index in [1.54, 1.807) is 0 Å². The van der Waals surface area contributed by atoms with Crippen LogP contribution in [0.2, 0.25) is 0 Å². The van der Waals surface area contributed by atoms with E-state index >= 15 is 0 Å². The minimum Gasteiger partial charge on any atom is -0.379 e. The molecule has 2 rings (SSSR count). The van der Waals surface area contributed by atoms with Gasteiger partial charge in [-0.05, 0) is 30.4 Å². The maximum atomic E-state index is 6.13. The van der Waals surface area contributed by atoms with Gasteiger partial charge in [-0.15, -0.1) is 0 Å². The molecule has 1 aromatic heterocycles. The van der Waals surface area contributed by atoms with E-state index in [1.165, 1.54) is 16.5 Å². The lowest BCUT2D eigenvalue weighted by atomic mass is 10.0. The van der Waals surface area contributed by atoms with E-state index in [-0.39, 0.29) is 6.04 Å². The lowest BCUT2D eigenvalue weighted by Gasteiger charge is -2.08. The van der Waals surface area contributed by atoms with Crippen LogP contribution < -0.4 is 5.73 Å². The van der Waals surface area contributed by atoms with E-state index in [2.05, 4.69) is 55.8 Å². The zero-order valence-corrected chi connectivity index (χ0v) is 13.5. The van der Waals surface area contributed by atoms with Crippen LogP contribution >= 0.6 is 0 Å². The molecule has 0 spiro atoms. The number of ether oxygens (including phenoxy) is 1. The predicted molar refractivity (Wildman–Crippen MR) is 89.6 cm³/mol. The number of para-hydroxylation sites is 1. The number of rotatable bonds is 8. The normalized spacial score (nSPS) is 13.2. The Hall–Kier alpha value is -1.32. The average molecular weight is 288 g/mol. The first-order valence-electron chi connectivity index (χ1n) is 8.01. The summed E-state index contributed by atoms with van der Waals surface area (Å²) in [6.07, 6.45) is 4.20. The quantitative estimate of drug-likeness (QED) is 0.754. The predicted octanol–water partition coefficient (Wildman–Crippen LogP) is 3.59. The van der Waals surface area contributed by atoms with Gasteiger partial charge in [-0.2, -0.15) is 0 Å². The van der Waals surface area contributed by atoms with Crippen molar-refractivity contribution in [3.05, 3.63) is 36.0 Å². The van der Waals surface area contributed by atoms with Gasteiger partial charge in [0.05, 0.1) is 6.61 Å². The Morgan fingerprint density at radius 2 is 2.00 bits per heavy atom. The standard InChI is InChI=1S/C18H28N2O/c1-4-16(19)11-15-12-20(9-10-21-13-14(2)3)18-8-6-5-7-17(15)18/h5-8,12,14,16H,4,9-11,13,19H2,1-3H3. The molecule has 116 valence electrons. The van der Waals surface area contributed by atoms with Crippen LogP contribution in [0.25, 0.3) is 10.9 Å². The Morgan fingerprint density at radius 3 is 2.71 bits per heavy atom. The molecule has 3 nitrogen and oxygen atoms in total. The van der Waals surface area contributed by atoms with Crippen LogP contribution in [0.1, 0.15) is 32.8 Å². The highest BCUT2D eigenvalue weighted by molar-refractivity contribution is 5.84. The molecule has 2 aromatic rings. The number of hydrogen-bond acceptors (Lipinski definition) is 2. The Labute approximate surface area is 128 Å². The molecule has 1 atom stereocenters. The first-order valence-corrected chi connectivity index (χ1v) is 8.01. The van der Waals surface area contributed by atoms with Crippen molar-refractivity contribution >= 4 is 10.9 Å². The van der Waals surface area contributed by atoms with Crippen LogP contribution in [0, 0.1) is 5.92 Å². The highest BCUT2D eigenvalue weighted by Gasteiger charge is 2.10. The van der Waals surface area contributed by atoms with Gasteiger partial charge in [0, 0.05) is 36.3 Å². The number of fused-ring (bicyclic) bond motifs is 1. The maximum Gasteiger partial charge on any atom is 0.0645 e. The van der Waals surface area contributed by atoms with Crippen LogP contribution in [0.5, 0.6) is 0 Å². The summed E-state index contributed by atoms with van der Waals surface area (Å²) in [5, 5.41) is 1.32. The number of nitrogens with zero attached hydrogens (tertiary/aromatic N) is 1. The summed E-state index contributed by atoms with van der Waals surface area (Å²) in [4.78, 5) is 0. The summed E-state index contributed by atoms with van der Waals surface area (Å²) in [7, 11) is 0. The minimum atomic E-state index is 0.237. The molecule has 1 heterocycles. The van der Waals surface area contributed by atoms with E-state index in [0.29, 0.717) is 5.92 Å². The van der Waals surface area contributed by atoms with Crippen LogP contribution in [0.3, 0.4) is 0 Å². The third-order valence-electron chi connectivity index (χ3n) is 3.81. The first kappa shape index (κ1) is 16.1. The molecule has 0 amide bonds. The molecule has 0 bridgehead atoms. The SMILES string of the molecule is CCC(N)Cc1cn(CCOCC(C)C)c2ccccc12. The molecule has 1 aromatic carbocycles. The van der Waals surface area contributed by atoms with Crippen molar-refractivity contribution < 1.29 is 4.74 Å². The third kappa shape index (κ3) is 4.32. The van der Waals surface area contributed by atoms with Crippen molar-refractivity contribution in [1.82, 2.24) is 4.57 Å². The number of hydrogen-bond donors (Lipinski definition) is 1. The number of aromatic nitrogens is 1. The van der Waals surface area contributed by atoms with E-state index in [1.807, 2.05) is 0 Å². The van der Waals surface area contributed by atoms with E-state index in [4.69, 9.17) is 10.5 Å². The van der Waals surface area contributed by atoms with Gasteiger partial charge in [0.2, 0.25) is 0 Å². The summed E-state index contributed by atoms with van der Waals surface area (Å²) in [5.41, 5.74) is 8.76. The second kappa shape index (κ2) is 7.62. The van der Waals surface area contributed by atoms with Crippen LogP contribution in [0.4, 0.5) is 0 Å². The molecular weight excluding hydrogens is 260 g/mol. The number of nitrogens with two attached hydrogens (primary N) is 1. The summed E-state index contributed by atoms with van der Waals surface area (Å²) in [6.45, 7) is 8.98. The first-order chi connectivity index (χ1) is 10.1. The van der Waals surface area contributed by atoms with Crippen LogP contribution in [-0.4, -0.2) is 23.8 Å². The zero-order chi connectivity index (χ0) is 15.2. The van der Waals surface area contributed by atoms with E-state index < -0.39 is 0 Å². The third-order valence-corrected chi connectivity index (χ3v) is 3.81. The molecule has 21 heavy (non-hydrogen) atoms. The van der Waals surface area contributed by atoms with Crippen molar-refractivity contribution in [2.75, 3.05) is 13.2 Å². The minimum absolute atomic E-state index is 0.237. The van der Waals surface area contributed by atoms with Crippen molar-refractivity contribution in [3.63, 3.8) is 0 Å². The van der Waals surface area contributed by atoms with Crippen molar-refractivity contribution in [2.45, 2.75) is 46.2 Å². The van der Waals surface area contributed by atoms with Gasteiger partial charge in [-0.1, -0.05) is 39.0 Å². The van der Waals surface area contributed by atoms with Gasteiger partial charge >= 0.3 is 0 Å². The van der Waals surface area contributed by atoms with Crippen molar-refractivity contribution in [3.8, 4) is 0 Å². The smallest absolute Gasteiger partial charge is 0.0645 e. The zero-order valence-electron chi connectivity index (χ0n) is 13.5. The van der Waals surface area contributed by atoms with E-state index in [0.717, 1.165) is 32.6 Å². The maximum absolute atomic E-state index is 6.13. The molecule has 0 saturated carbocycles. The fraction of sp³-hybridized carbons (Fsp3) is 0.556. The summed E-state index contributed by atoms with van der Waals surface area (Å²) >= 11 is 0. The van der Waals surface area contributed by atoms with Gasteiger partial charge in [0.1, 0.15) is 0 Å². The summed E-state index contributed by atoms with van der Waals surface area (Å²) in [5.74, 6) is 0.588. The Balaban J connectivity index is 2.12. The second-order valence-electron chi connectivity index (χ2n) is 6.21. The summed E-state index contributed by atoms with van der Waals surface area (Å²) in [6, 6.07) is 8.80. The lowest BCUT2D eigenvalue weighted by Crippen LogP contribution is -2.21. The molecule has 3 heteroatoms. The van der Waals surface area contributed by atoms with Gasteiger partial charge in [0.15, 0.2) is 0 Å². The molecule has 0 saturated heterocycles. The van der Waals surface area contributed by atoms with Crippen LogP contribution in [0.15, 0.2) is 30.5 Å². The molecule has 0 aliphatic rings. The Kier molecular flexibility index (Phi) is 5.83. The second-order valence-corrected chi connectivity index (χ2v) is 6.21. The molecule has 0 aliphatic carbocycles. The summed E-state index contributed by atoms with van der Waals surface area (Å²) < 4.78 is 8.01. The topological polar surface area (TPSA) is 40.2 Å². The van der Waals surface area contributed by atoms with Crippen molar-refractivity contribution in [1.29, 1.82) is 0 Å². The molecule has 1 unspecified atom stereocenters. The molecule has 0 radical (unpaired) electrons. The molecule has 2 N–H and O–H groups in total.